The van der Waals surface area contributed by atoms with Crippen molar-refractivity contribution >= 4 is 11.8 Å². The first-order valence-corrected chi connectivity index (χ1v) is 7.13. The van der Waals surface area contributed by atoms with Crippen molar-refractivity contribution in [1.29, 1.82) is 0 Å². The van der Waals surface area contributed by atoms with Gasteiger partial charge in [-0.1, -0.05) is 6.92 Å². The molecule has 21 heavy (non-hydrogen) atoms. The molecule has 1 aliphatic rings. The fourth-order valence-corrected chi connectivity index (χ4v) is 2.64. The lowest BCUT2D eigenvalue weighted by molar-refractivity contribution is -0.146. The van der Waals surface area contributed by atoms with Crippen LogP contribution in [0.2, 0.25) is 0 Å². The van der Waals surface area contributed by atoms with Crippen LogP contribution in [0.25, 0.3) is 0 Å². The fraction of sp³-hybridized carbons (Fsp3) is 0.533. The first kappa shape index (κ1) is 15.3. The van der Waals surface area contributed by atoms with Crippen molar-refractivity contribution in [2.45, 2.75) is 32.7 Å². The van der Waals surface area contributed by atoms with Gasteiger partial charge in [-0.3, -0.25) is 14.6 Å². The Morgan fingerprint density at radius 2 is 2.10 bits per heavy atom. The highest BCUT2D eigenvalue weighted by molar-refractivity contribution is 5.99. The summed E-state index contributed by atoms with van der Waals surface area (Å²) < 4.78 is 0. The molecule has 6 heteroatoms. The molecule has 1 aliphatic heterocycles. The van der Waals surface area contributed by atoms with Gasteiger partial charge in [-0.05, 0) is 26.3 Å². The van der Waals surface area contributed by atoms with E-state index in [0.717, 1.165) is 6.42 Å². The van der Waals surface area contributed by atoms with E-state index >= 15 is 0 Å². The summed E-state index contributed by atoms with van der Waals surface area (Å²) in [5.41, 5.74) is -0.601. The lowest BCUT2D eigenvalue weighted by Crippen LogP contribution is -2.64. The second-order valence-corrected chi connectivity index (χ2v) is 5.74. The summed E-state index contributed by atoms with van der Waals surface area (Å²) in [5, 5.41) is 9.45. The predicted molar refractivity (Wildman–Crippen MR) is 77.9 cm³/mol. The Hall–Kier alpha value is -2.11. The third kappa shape index (κ3) is 2.84. The molecule has 1 N–H and O–H groups in total. The largest absolute Gasteiger partial charge is 0.506 e. The second kappa shape index (κ2) is 5.71. The number of hydrogen-bond donors (Lipinski definition) is 1. The van der Waals surface area contributed by atoms with Gasteiger partial charge in [0, 0.05) is 25.8 Å². The van der Waals surface area contributed by atoms with Crippen LogP contribution >= 0.6 is 0 Å². The molecular formula is C15H21N3O3. The number of piperazine rings is 1. The fourth-order valence-electron chi connectivity index (χ4n) is 2.64. The zero-order chi connectivity index (χ0) is 15.6. The highest BCUT2D eigenvalue weighted by atomic mass is 16.3. The van der Waals surface area contributed by atoms with E-state index in [2.05, 4.69) is 4.98 Å². The number of nitrogens with zero attached hydrogens (tertiary/aromatic N) is 3. The van der Waals surface area contributed by atoms with Gasteiger partial charge in [0.2, 0.25) is 5.91 Å². The number of hydrogen-bond acceptors (Lipinski definition) is 4. The van der Waals surface area contributed by atoms with Gasteiger partial charge in [-0.25, -0.2) is 0 Å². The van der Waals surface area contributed by atoms with Gasteiger partial charge < -0.3 is 14.9 Å². The maximum Gasteiger partial charge on any atom is 0.256 e. The van der Waals surface area contributed by atoms with Gasteiger partial charge in [0.1, 0.15) is 11.3 Å². The number of carbonyl (C=O) groups excluding carboxylic acids is 2. The Labute approximate surface area is 124 Å². The monoisotopic (exact) mass is 291 g/mol. The Morgan fingerprint density at radius 1 is 1.38 bits per heavy atom. The van der Waals surface area contributed by atoms with E-state index < -0.39 is 5.54 Å². The van der Waals surface area contributed by atoms with Crippen molar-refractivity contribution in [3.8, 4) is 5.75 Å². The van der Waals surface area contributed by atoms with Crippen LogP contribution in [0.15, 0.2) is 18.5 Å². The van der Waals surface area contributed by atoms with Gasteiger partial charge >= 0.3 is 0 Å². The number of carbonyl (C=O) groups is 2. The van der Waals surface area contributed by atoms with Crippen molar-refractivity contribution < 1.29 is 14.7 Å². The van der Waals surface area contributed by atoms with Crippen molar-refractivity contribution in [1.82, 2.24) is 14.8 Å². The van der Waals surface area contributed by atoms with Crippen LogP contribution < -0.4 is 0 Å². The van der Waals surface area contributed by atoms with E-state index in [1.165, 1.54) is 18.5 Å². The molecule has 1 aromatic heterocycles. The highest BCUT2D eigenvalue weighted by Gasteiger charge is 2.44. The minimum atomic E-state index is -0.893. The summed E-state index contributed by atoms with van der Waals surface area (Å²) >= 11 is 0. The van der Waals surface area contributed by atoms with E-state index in [0.29, 0.717) is 25.2 Å². The molecule has 2 amide bonds. The minimum absolute atomic E-state index is 0.0444. The summed E-state index contributed by atoms with van der Waals surface area (Å²) in [6, 6.07) is 1.37. The quantitative estimate of drug-likeness (QED) is 0.910. The lowest BCUT2D eigenvalue weighted by Gasteiger charge is -2.45. The zero-order valence-corrected chi connectivity index (χ0v) is 12.7. The summed E-state index contributed by atoms with van der Waals surface area (Å²) in [4.78, 5) is 32.3. The lowest BCUT2D eigenvalue weighted by atomic mass is 9.96. The molecule has 0 saturated carbocycles. The molecule has 0 aromatic carbocycles. The molecule has 0 atom stereocenters. The smallest absolute Gasteiger partial charge is 0.256 e. The number of amides is 2. The normalized spacial score (nSPS) is 18.0. The zero-order valence-electron chi connectivity index (χ0n) is 12.7. The molecule has 0 bridgehead atoms. The first-order valence-electron chi connectivity index (χ1n) is 7.13. The van der Waals surface area contributed by atoms with Gasteiger partial charge in [-0.15, -0.1) is 0 Å². The second-order valence-electron chi connectivity index (χ2n) is 5.74. The Balaban J connectivity index is 2.24. The molecule has 0 unspecified atom stereocenters. The molecule has 2 rings (SSSR count). The maximum atomic E-state index is 12.6. The molecule has 0 aliphatic carbocycles. The van der Waals surface area contributed by atoms with Crippen LogP contribution in [0, 0.1) is 0 Å². The minimum Gasteiger partial charge on any atom is -0.506 e. The predicted octanol–water partition coefficient (Wildman–Crippen LogP) is 1.26. The number of pyridine rings is 1. The van der Waals surface area contributed by atoms with Crippen molar-refractivity contribution in [2.75, 3.05) is 19.6 Å². The average Bonchev–Trinajstić information content (AvgIpc) is 2.44. The van der Waals surface area contributed by atoms with Crippen molar-refractivity contribution in [3.05, 3.63) is 24.0 Å². The molecule has 114 valence electrons. The molecule has 0 radical (unpaired) electrons. The summed E-state index contributed by atoms with van der Waals surface area (Å²) in [6.45, 7) is 7.26. The van der Waals surface area contributed by atoms with Gasteiger partial charge in [-0.2, -0.15) is 0 Å². The molecule has 1 aromatic rings. The van der Waals surface area contributed by atoms with Gasteiger partial charge in [0.15, 0.2) is 0 Å². The van der Waals surface area contributed by atoms with Crippen LogP contribution in [0.1, 0.15) is 37.6 Å². The van der Waals surface area contributed by atoms with E-state index in [1.54, 1.807) is 23.6 Å². The Morgan fingerprint density at radius 3 is 2.71 bits per heavy atom. The highest BCUT2D eigenvalue weighted by Crippen LogP contribution is 2.25. The van der Waals surface area contributed by atoms with E-state index in [-0.39, 0.29) is 17.6 Å². The van der Waals surface area contributed by atoms with E-state index in [4.69, 9.17) is 0 Å². The number of aromatic nitrogens is 1. The van der Waals surface area contributed by atoms with Crippen LogP contribution in [0.3, 0.4) is 0 Å². The van der Waals surface area contributed by atoms with Gasteiger partial charge in [0.05, 0.1) is 11.8 Å². The van der Waals surface area contributed by atoms with Crippen LogP contribution in [-0.4, -0.2) is 56.9 Å². The van der Waals surface area contributed by atoms with Crippen molar-refractivity contribution in [2.24, 2.45) is 0 Å². The number of rotatable bonds is 3. The van der Waals surface area contributed by atoms with Crippen LogP contribution in [0.4, 0.5) is 0 Å². The Bertz CT molecular complexity index is 557. The summed E-state index contributed by atoms with van der Waals surface area (Å²) in [6.07, 6.45) is 3.57. The SMILES string of the molecule is CCCN1CCN(C(=O)c2cncc(O)c2)C(C)(C)C1=O. The third-order valence-electron chi connectivity index (χ3n) is 3.79. The number of aromatic hydroxyl groups is 1. The van der Waals surface area contributed by atoms with E-state index in [1.807, 2.05) is 6.92 Å². The molecule has 2 heterocycles. The average molecular weight is 291 g/mol. The molecule has 1 fully saturated rings. The summed E-state index contributed by atoms with van der Waals surface area (Å²) in [5.74, 6) is -0.389. The van der Waals surface area contributed by atoms with Crippen LogP contribution in [0.5, 0.6) is 5.75 Å². The molecule has 6 nitrogen and oxygen atoms in total. The molecular weight excluding hydrogens is 270 g/mol. The van der Waals surface area contributed by atoms with Gasteiger partial charge in [0.25, 0.3) is 5.91 Å². The third-order valence-corrected chi connectivity index (χ3v) is 3.79. The summed E-state index contributed by atoms with van der Waals surface area (Å²) in [7, 11) is 0. The first-order chi connectivity index (χ1) is 9.87. The molecule has 0 spiro atoms. The maximum absolute atomic E-state index is 12.6. The molecule has 1 saturated heterocycles. The van der Waals surface area contributed by atoms with E-state index in [9.17, 15) is 14.7 Å². The van der Waals surface area contributed by atoms with Crippen molar-refractivity contribution in [3.63, 3.8) is 0 Å². The Kier molecular flexibility index (Phi) is 4.16. The van der Waals surface area contributed by atoms with Crippen LogP contribution in [-0.2, 0) is 4.79 Å². The topological polar surface area (TPSA) is 73.7 Å². The standard InChI is InChI=1S/C15H21N3O3/c1-4-5-17-6-7-18(15(2,3)14(17)21)13(20)11-8-12(19)10-16-9-11/h8-10,19H,4-7H2,1-3H3.